The van der Waals surface area contributed by atoms with Crippen LogP contribution in [0.25, 0.3) is 22.0 Å². The number of hydrogen-bond acceptors (Lipinski definition) is 5. The summed E-state index contributed by atoms with van der Waals surface area (Å²) >= 11 is 0. The molecular formula is C26H22N4O. The number of nitrogen functional groups attached to an aromatic ring is 1. The number of aryl methyl sites for hydroxylation is 2. The molecule has 6 rings (SSSR count). The Morgan fingerprint density at radius 1 is 0.935 bits per heavy atom. The van der Waals surface area contributed by atoms with Gasteiger partial charge in [0.1, 0.15) is 11.3 Å². The number of rotatable bonds is 3. The molecule has 0 aliphatic heterocycles. The molecule has 2 heterocycles. The first-order chi connectivity index (χ1) is 15.1. The molecule has 0 spiro atoms. The van der Waals surface area contributed by atoms with Crippen molar-refractivity contribution >= 4 is 39.5 Å². The number of nitrogens with zero attached hydrogens (tertiary/aromatic N) is 2. The largest absolute Gasteiger partial charge is 0.423 e. The van der Waals surface area contributed by atoms with Crippen molar-refractivity contribution in [3.63, 3.8) is 0 Å². The summed E-state index contributed by atoms with van der Waals surface area (Å²) in [6.07, 6.45) is 2.15. The van der Waals surface area contributed by atoms with Crippen molar-refractivity contribution in [3.8, 4) is 0 Å². The molecular weight excluding hydrogens is 384 g/mol. The van der Waals surface area contributed by atoms with E-state index in [0.29, 0.717) is 17.8 Å². The zero-order valence-electron chi connectivity index (χ0n) is 17.2. The highest BCUT2D eigenvalue weighted by molar-refractivity contribution is 5.86. The van der Waals surface area contributed by atoms with Crippen molar-refractivity contribution < 1.29 is 4.42 Å². The maximum Gasteiger partial charge on any atom is 0.300 e. The molecule has 5 aromatic rings. The lowest BCUT2D eigenvalue weighted by molar-refractivity contribution is 0.623. The van der Waals surface area contributed by atoms with E-state index in [0.717, 1.165) is 51.7 Å². The molecule has 0 bridgehead atoms. The fourth-order valence-electron chi connectivity index (χ4n) is 4.66. The van der Waals surface area contributed by atoms with Gasteiger partial charge in [0.2, 0.25) is 0 Å². The summed E-state index contributed by atoms with van der Waals surface area (Å²) in [4.78, 5) is 9.25. The van der Waals surface area contributed by atoms with Crippen LogP contribution in [-0.4, -0.2) is 9.97 Å². The van der Waals surface area contributed by atoms with Crippen LogP contribution < -0.4 is 11.1 Å². The van der Waals surface area contributed by atoms with Crippen LogP contribution in [-0.2, 0) is 6.42 Å². The van der Waals surface area contributed by atoms with Crippen LogP contribution in [0.15, 0.2) is 71.1 Å². The zero-order chi connectivity index (χ0) is 20.9. The van der Waals surface area contributed by atoms with Gasteiger partial charge in [0.25, 0.3) is 6.01 Å². The first-order valence-corrected chi connectivity index (χ1v) is 10.6. The first kappa shape index (κ1) is 18.0. The van der Waals surface area contributed by atoms with Crippen molar-refractivity contribution in [1.82, 2.24) is 9.97 Å². The standard InChI is InChI=1S/C26H22N4O/c1-15-6-11-24-23(12-15)30-26(31-24)28-18-8-10-22-17(13-18)14-21(25(27)29-22)20-9-7-16-4-2-3-5-19(16)20/h2-6,8,10-14,20H,7,9H2,1H3,(H2,27,29)(H,28,30)/t20-/m1/s1. The lowest BCUT2D eigenvalue weighted by Gasteiger charge is -2.15. The Morgan fingerprint density at radius 3 is 2.77 bits per heavy atom. The van der Waals surface area contributed by atoms with E-state index in [1.807, 2.05) is 37.3 Å². The lowest BCUT2D eigenvalue weighted by Crippen LogP contribution is -2.04. The van der Waals surface area contributed by atoms with E-state index in [9.17, 15) is 0 Å². The summed E-state index contributed by atoms with van der Waals surface area (Å²) in [5, 5.41) is 4.33. The molecule has 0 saturated carbocycles. The molecule has 0 radical (unpaired) electrons. The van der Waals surface area contributed by atoms with Crippen LogP contribution >= 0.6 is 0 Å². The summed E-state index contributed by atoms with van der Waals surface area (Å²) in [6, 6.07) is 23.3. The highest BCUT2D eigenvalue weighted by Gasteiger charge is 2.26. The number of nitrogens with two attached hydrogens (primary N) is 1. The van der Waals surface area contributed by atoms with Gasteiger partial charge >= 0.3 is 0 Å². The van der Waals surface area contributed by atoms with Gasteiger partial charge in [-0.05, 0) is 72.9 Å². The number of pyridine rings is 1. The molecule has 31 heavy (non-hydrogen) atoms. The minimum Gasteiger partial charge on any atom is -0.423 e. The van der Waals surface area contributed by atoms with Gasteiger partial charge in [0.05, 0.1) is 5.52 Å². The van der Waals surface area contributed by atoms with E-state index in [4.69, 9.17) is 15.1 Å². The fourth-order valence-corrected chi connectivity index (χ4v) is 4.66. The fraction of sp³-hybridized carbons (Fsp3) is 0.154. The number of anilines is 3. The molecule has 5 heteroatoms. The summed E-state index contributed by atoms with van der Waals surface area (Å²) in [6.45, 7) is 2.05. The molecule has 1 aliphatic carbocycles. The SMILES string of the molecule is Cc1ccc2oc(Nc3ccc4nc(N)c([C@@H]5CCc6ccccc65)cc4c3)nc2c1. The molecule has 152 valence electrons. The number of hydrogen-bond donors (Lipinski definition) is 2. The Bertz CT molecular complexity index is 1450. The van der Waals surface area contributed by atoms with Gasteiger partial charge in [-0.3, -0.25) is 0 Å². The Morgan fingerprint density at radius 2 is 1.84 bits per heavy atom. The molecule has 1 atom stereocenters. The molecule has 0 amide bonds. The molecule has 0 unspecified atom stereocenters. The monoisotopic (exact) mass is 406 g/mol. The third kappa shape index (κ3) is 3.10. The van der Waals surface area contributed by atoms with Gasteiger partial charge in [-0.1, -0.05) is 30.3 Å². The van der Waals surface area contributed by atoms with Gasteiger partial charge < -0.3 is 15.5 Å². The van der Waals surface area contributed by atoms with E-state index in [2.05, 4.69) is 46.7 Å². The maximum absolute atomic E-state index is 6.39. The Labute approximate surface area is 179 Å². The predicted octanol–water partition coefficient (Wildman–Crippen LogP) is 6.09. The van der Waals surface area contributed by atoms with Crippen LogP contribution in [0.1, 0.15) is 34.6 Å². The van der Waals surface area contributed by atoms with Crippen molar-refractivity contribution in [1.29, 1.82) is 0 Å². The van der Waals surface area contributed by atoms with Crippen LogP contribution in [0.2, 0.25) is 0 Å². The molecule has 0 fully saturated rings. The Kier molecular flexibility index (Phi) is 3.96. The summed E-state index contributed by atoms with van der Waals surface area (Å²) in [5.74, 6) is 0.911. The van der Waals surface area contributed by atoms with Crippen molar-refractivity contribution in [2.75, 3.05) is 11.1 Å². The van der Waals surface area contributed by atoms with Gasteiger partial charge in [-0.15, -0.1) is 0 Å². The summed E-state index contributed by atoms with van der Waals surface area (Å²) in [7, 11) is 0. The van der Waals surface area contributed by atoms with Crippen molar-refractivity contribution in [2.24, 2.45) is 0 Å². The summed E-state index contributed by atoms with van der Waals surface area (Å²) in [5.41, 5.74) is 14.8. The average Bonchev–Trinajstić information content (AvgIpc) is 3.36. The minimum atomic E-state index is 0.296. The van der Waals surface area contributed by atoms with E-state index < -0.39 is 0 Å². The molecule has 0 saturated heterocycles. The quantitative estimate of drug-likeness (QED) is 0.379. The highest BCUT2D eigenvalue weighted by atomic mass is 16.4. The number of aromatic nitrogens is 2. The number of oxazole rings is 1. The molecule has 5 nitrogen and oxygen atoms in total. The Hall–Kier alpha value is -3.86. The topological polar surface area (TPSA) is 77.0 Å². The summed E-state index contributed by atoms with van der Waals surface area (Å²) < 4.78 is 5.84. The van der Waals surface area contributed by atoms with Gasteiger partial charge in [0.15, 0.2) is 5.58 Å². The second kappa shape index (κ2) is 6.84. The zero-order valence-corrected chi connectivity index (χ0v) is 17.2. The van der Waals surface area contributed by atoms with E-state index in [1.54, 1.807) is 0 Å². The van der Waals surface area contributed by atoms with E-state index >= 15 is 0 Å². The van der Waals surface area contributed by atoms with Crippen LogP contribution in [0.4, 0.5) is 17.5 Å². The third-order valence-corrected chi connectivity index (χ3v) is 6.18. The first-order valence-electron chi connectivity index (χ1n) is 10.6. The minimum absolute atomic E-state index is 0.296. The van der Waals surface area contributed by atoms with Crippen molar-refractivity contribution in [2.45, 2.75) is 25.7 Å². The second-order valence-corrected chi connectivity index (χ2v) is 8.28. The second-order valence-electron chi connectivity index (χ2n) is 8.28. The number of fused-ring (bicyclic) bond motifs is 3. The van der Waals surface area contributed by atoms with Crippen LogP contribution in [0.5, 0.6) is 0 Å². The van der Waals surface area contributed by atoms with E-state index in [-0.39, 0.29) is 0 Å². The van der Waals surface area contributed by atoms with Gasteiger partial charge in [0, 0.05) is 22.6 Å². The van der Waals surface area contributed by atoms with Crippen LogP contribution in [0.3, 0.4) is 0 Å². The maximum atomic E-state index is 6.39. The highest BCUT2D eigenvalue weighted by Crippen LogP contribution is 2.40. The molecule has 3 aromatic carbocycles. The molecule has 2 aromatic heterocycles. The van der Waals surface area contributed by atoms with Crippen molar-refractivity contribution in [3.05, 3.63) is 89.0 Å². The third-order valence-electron chi connectivity index (χ3n) is 6.18. The van der Waals surface area contributed by atoms with Gasteiger partial charge in [-0.25, -0.2) is 4.98 Å². The average molecular weight is 406 g/mol. The smallest absolute Gasteiger partial charge is 0.300 e. The Balaban J connectivity index is 1.37. The van der Waals surface area contributed by atoms with Gasteiger partial charge in [-0.2, -0.15) is 4.98 Å². The number of nitrogens with one attached hydrogen (secondary N) is 1. The van der Waals surface area contributed by atoms with Crippen LogP contribution in [0, 0.1) is 6.92 Å². The van der Waals surface area contributed by atoms with E-state index in [1.165, 1.54) is 11.1 Å². The predicted molar refractivity (Wildman–Crippen MR) is 125 cm³/mol. The molecule has 1 aliphatic rings. The lowest BCUT2D eigenvalue weighted by atomic mass is 9.92. The number of benzene rings is 3. The normalized spacial score (nSPS) is 15.5. The molecule has 3 N–H and O–H groups in total.